The summed E-state index contributed by atoms with van der Waals surface area (Å²) in [7, 11) is 3.15. The number of likely N-dealkylation sites (N-methyl/N-ethyl adjacent to an activating group) is 1. The average molecular weight is 329 g/mol. The van der Waals surface area contributed by atoms with E-state index in [4.69, 9.17) is 4.74 Å². The first kappa shape index (κ1) is 17.4. The first-order valence-corrected chi connectivity index (χ1v) is 7.00. The Hall–Kier alpha value is -1.93. The Balaban J connectivity index is 1.91. The normalized spacial score (nSPS) is 17.9. The molecule has 126 valence electrons. The second-order valence-electron chi connectivity index (χ2n) is 5.33. The predicted octanol–water partition coefficient (Wildman–Crippen LogP) is 2.30. The van der Waals surface area contributed by atoms with Crippen LogP contribution in [0.4, 0.5) is 13.2 Å². The van der Waals surface area contributed by atoms with Gasteiger partial charge in [0, 0.05) is 32.3 Å². The summed E-state index contributed by atoms with van der Waals surface area (Å²) in [6, 6.07) is 2.25. The molecule has 2 rings (SSSR count). The molecule has 1 aromatic rings. The van der Waals surface area contributed by atoms with Crippen molar-refractivity contribution in [2.24, 2.45) is 0 Å². The number of carbonyl (C=O) groups excluding carboxylic acids is 1. The minimum atomic E-state index is -4.40. The molecule has 1 heterocycles. The van der Waals surface area contributed by atoms with Crippen LogP contribution >= 0.6 is 0 Å². The lowest BCUT2D eigenvalue weighted by Gasteiger charge is -2.32. The van der Waals surface area contributed by atoms with E-state index in [1.165, 1.54) is 11.1 Å². The molecule has 1 aliphatic carbocycles. The molecule has 23 heavy (non-hydrogen) atoms. The van der Waals surface area contributed by atoms with E-state index in [1.54, 1.807) is 14.2 Å². The highest BCUT2D eigenvalue weighted by molar-refractivity contribution is 5.95. The zero-order valence-corrected chi connectivity index (χ0v) is 13.1. The molecule has 5 nitrogen and oxygen atoms in total. The highest BCUT2D eigenvalue weighted by Gasteiger charge is 2.32. The number of halogens is 3. The summed E-state index contributed by atoms with van der Waals surface area (Å²) >= 11 is 0. The lowest BCUT2D eigenvalue weighted by atomic mass is 9.86. The third-order valence-corrected chi connectivity index (χ3v) is 3.85. The Bertz CT molecular complexity index is 611. The van der Waals surface area contributed by atoms with E-state index in [9.17, 15) is 18.0 Å². The monoisotopic (exact) mass is 329 g/mol. The molecule has 1 atom stereocenters. The van der Waals surface area contributed by atoms with Gasteiger partial charge in [0.25, 0.3) is 5.91 Å². The van der Waals surface area contributed by atoms with Crippen LogP contribution in [0.1, 0.15) is 24.6 Å². The van der Waals surface area contributed by atoms with Crippen LogP contribution in [-0.2, 0) is 22.3 Å². The zero-order chi connectivity index (χ0) is 17.2. The molecule has 0 radical (unpaired) electrons. The second kappa shape index (κ2) is 6.67. The minimum Gasteiger partial charge on any atom is -0.377 e. The lowest BCUT2D eigenvalue weighted by Crippen LogP contribution is -2.43. The van der Waals surface area contributed by atoms with Crippen LogP contribution in [-0.4, -0.2) is 36.2 Å². The van der Waals surface area contributed by atoms with Gasteiger partial charge in [-0.2, -0.15) is 13.2 Å². The third-order valence-electron chi connectivity index (χ3n) is 3.85. The van der Waals surface area contributed by atoms with E-state index >= 15 is 0 Å². The van der Waals surface area contributed by atoms with Crippen molar-refractivity contribution in [1.82, 2.24) is 15.4 Å². The van der Waals surface area contributed by atoms with Crippen molar-refractivity contribution in [1.29, 1.82) is 0 Å². The van der Waals surface area contributed by atoms with Gasteiger partial charge in [-0.15, -0.1) is 0 Å². The summed E-state index contributed by atoms with van der Waals surface area (Å²) in [6.07, 6.45) is -3.08. The zero-order valence-electron chi connectivity index (χ0n) is 13.1. The summed E-state index contributed by atoms with van der Waals surface area (Å²) < 4.78 is 42.5. The SMILES string of the molecule is COC1CC(C(=O)N(C)NCc2ccc(C(F)(F)F)cn2)=C1C. The van der Waals surface area contributed by atoms with Crippen molar-refractivity contribution in [2.75, 3.05) is 14.2 Å². The molecule has 1 unspecified atom stereocenters. The largest absolute Gasteiger partial charge is 0.417 e. The van der Waals surface area contributed by atoms with Crippen molar-refractivity contribution < 1.29 is 22.7 Å². The third kappa shape index (κ3) is 3.89. The smallest absolute Gasteiger partial charge is 0.377 e. The molecule has 1 amide bonds. The number of hydrazine groups is 1. The van der Waals surface area contributed by atoms with Crippen LogP contribution in [0.15, 0.2) is 29.5 Å². The van der Waals surface area contributed by atoms with Crippen molar-refractivity contribution in [3.8, 4) is 0 Å². The second-order valence-corrected chi connectivity index (χ2v) is 5.33. The molecule has 0 saturated heterocycles. The highest BCUT2D eigenvalue weighted by atomic mass is 19.4. The van der Waals surface area contributed by atoms with Gasteiger partial charge >= 0.3 is 6.18 Å². The number of hydrogen-bond donors (Lipinski definition) is 1. The number of ether oxygens (including phenoxy) is 1. The Labute approximate surface area is 132 Å². The van der Waals surface area contributed by atoms with Gasteiger partial charge in [0.1, 0.15) is 0 Å². The molecule has 1 N–H and O–H groups in total. The molecule has 0 aliphatic heterocycles. The Morgan fingerprint density at radius 2 is 2.17 bits per heavy atom. The van der Waals surface area contributed by atoms with Crippen LogP contribution in [0.5, 0.6) is 0 Å². The van der Waals surface area contributed by atoms with Gasteiger partial charge in [0.2, 0.25) is 0 Å². The number of nitrogens with one attached hydrogen (secondary N) is 1. The molecular weight excluding hydrogens is 311 g/mol. The van der Waals surface area contributed by atoms with Gasteiger partial charge in [-0.05, 0) is 24.6 Å². The number of nitrogens with zero attached hydrogens (tertiary/aromatic N) is 2. The van der Waals surface area contributed by atoms with Crippen LogP contribution < -0.4 is 5.43 Å². The fourth-order valence-corrected chi connectivity index (χ4v) is 2.25. The topological polar surface area (TPSA) is 54.5 Å². The molecule has 0 spiro atoms. The predicted molar refractivity (Wildman–Crippen MR) is 77.0 cm³/mol. The number of hydrogen-bond acceptors (Lipinski definition) is 4. The number of pyridine rings is 1. The summed E-state index contributed by atoms with van der Waals surface area (Å²) in [5, 5.41) is 1.31. The van der Waals surface area contributed by atoms with Crippen LogP contribution in [0, 0.1) is 0 Å². The molecule has 1 aliphatic rings. The molecular formula is C15H18F3N3O2. The molecule has 0 saturated carbocycles. The lowest BCUT2D eigenvalue weighted by molar-refractivity contribution is -0.137. The number of rotatable bonds is 5. The summed E-state index contributed by atoms with van der Waals surface area (Å²) in [5.41, 5.74) is 4.02. The summed E-state index contributed by atoms with van der Waals surface area (Å²) in [4.78, 5) is 15.9. The van der Waals surface area contributed by atoms with Crippen molar-refractivity contribution >= 4 is 5.91 Å². The van der Waals surface area contributed by atoms with E-state index in [1.807, 2.05) is 6.92 Å². The summed E-state index contributed by atoms with van der Waals surface area (Å²) in [6.45, 7) is 2.00. The van der Waals surface area contributed by atoms with Crippen LogP contribution in [0.25, 0.3) is 0 Å². The maximum absolute atomic E-state index is 12.4. The highest BCUT2D eigenvalue weighted by Crippen LogP contribution is 2.31. The number of methoxy groups -OCH3 is 1. The maximum atomic E-state index is 12.4. The number of amides is 1. The quantitative estimate of drug-likeness (QED) is 0.842. The first-order valence-electron chi connectivity index (χ1n) is 7.00. The van der Waals surface area contributed by atoms with Gasteiger partial charge in [0.05, 0.1) is 23.9 Å². The molecule has 0 aromatic carbocycles. The Kier molecular flexibility index (Phi) is 5.06. The fourth-order valence-electron chi connectivity index (χ4n) is 2.25. The number of aromatic nitrogens is 1. The van der Waals surface area contributed by atoms with E-state index in [-0.39, 0.29) is 18.6 Å². The number of alkyl halides is 3. The Morgan fingerprint density at radius 3 is 2.65 bits per heavy atom. The summed E-state index contributed by atoms with van der Waals surface area (Å²) in [5.74, 6) is -0.178. The molecule has 0 fully saturated rings. The first-order chi connectivity index (χ1) is 10.7. The van der Waals surface area contributed by atoms with Gasteiger partial charge in [-0.25, -0.2) is 5.43 Å². The number of carbonyl (C=O) groups is 1. The van der Waals surface area contributed by atoms with Crippen LogP contribution in [0.3, 0.4) is 0 Å². The minimum absolute atomic E-state index is 0.0149. The van der Waals surface area contributed by atoms with Gasteiger partial charge in [-0.1, -0.05) is 0 Å². The van der Waals surface area contributed by atoms with Gasteiger partial charge < -0.3 is 4.74 Å². The van der Waals surface area contributed by atoms with Crippen molar-refractivity contribution in [3.05, 3.63) is 40.7 Å². The van der Waals surface area contributed by atoms with Gasteiger partial charge in [0.15, 0.2) is 0 Å². The van der Waals surface area contributed by atoms with Crippen LogP contribution in [0.2, 0.25) is 0 Å². The van der Waals surface area contributed by atoms with E-state index in [0.29, 0.717) is 17.7 Å². The van der Waals surface area contributed by atoms with E-state index < -0.39 is 11.7 Å². The molecule has 1 aromatic heterocycles. The van der Waals surface area contributed by atoms with Crippen molar-refractivity contribution in [2.45, 2.75) is 32.2 Å². The fraction of sp³-hybridized carbons (Fsp3) is 0.467. The molecule has 0 bridgehead atoms. The van der Waals surface area contributed by atoms with E-state index in [2.05, 4.69) is 10.4 Å². The molecule has 8 heteroatoms. The average Bonchev–Trinajstić information content (AvgIpc) is 2.51. The maximum Gasteiger partial charge on any atom is 0.417 e. The van der Waals surface area contributed by atoms with Crippen molar-refractivity contribution in [3.63, 3.8) is 0 Å². The standard InChI is InChI=1S/C15H18F3N3O2/c1-9-12(6-13(9)23-3)14(22)21(2)20-8-11-5-4-10(7-19-11)15(16,17)18/h4-5,7,13,20H,6,8H2,1-3H3. The Morgan fingerprint density at radius 1 is 1.48 bits per heavy atom. The van der Waals surface area contributed by atoms with Gasteiger partial charge in [-0.3, -0.25) is 14.8 Å². The van der Waals surface area contributed by atoms with E-state index in [0.717, 1.165) is 17.8 Å².